The first-order chi connectivity index (χ1) is 7.63. The number of ether oxygens (including phenoxy) is 1. The number of nitrogens with zero attached hydrogens (tertiary/aromatic N) is 2. The summed E-state index contributed by atoms with van der Waals surface area (Å²) in [5, 5.41) is 2.71. The molecular formula is C11H19N3OS. The van der Waals surface area contributed by atoms with Crippen LogP contribution in [-0.2, 0) is 11.2 Å². The van der Waals surface area contributed by atoms with Crippen molar-refractivity contribution < 1.29 is 4.74 Å². The summed E-state index contributed by atoms with van der Waals surface area (Å²) in [6.45, 7) is 7.34. The normalized spacial score (nSPS) is 27.1. The molecule has 4 nitrogen and oxygen atoms in total. The second kappa shape index (κ2) is 5.12. The van der Waals surface area contributed by atoms with Crippen LogP contribution in [0.1, 0.15) is 19.5 Å². The molecule has 0 radical (unpaired) electrons. The molecule has 0 unspecified atom stereocenters. The summed E-state index contributed by atoms with van der Waals surface area (Å²) in [5.41, 5.74) is 6.71. The van der Waals surface area contributed by atoms with Gasteiger partial charge in [-0.3, -0.25) is 4.90 Å². The molecule has 0 saturated carbocycles. The number of morpholine rings is 1. The molecule has 1 aliphatic heterocycles. The van der Waals surface area contributed by atoms with Crippen molar-refractivity contribution in [3.8, 4) is 0 Å². The molecule has 1 aliphatic rings. The van der Waals surface area contributed by atoms with Crippen LogP contribution in [0.4, 0.5) is 5.13 Å². The standard InChI is InChI=1S/C11H19N3OS/c1-8-5-14(6-9(2)15-8)4-3-10-7-16-11(12)13-10/h7-9H,3-6H2,1-2H3,(H2,12,13)/t8-,9+. The van der Waals surface area contributed by atoms with Crippen LogP contribution < -0.4 is 5.73 Å². The molecule has 16 heavy (non-hydrogen) atoms. The Labute approximate surface area is 100 Å². The number of aromatic nitrogens is 1. The molecule has 90 valence electrons. The van der Waals surface area contributed by atoms with E-state index in [0.717, 1.165) is 31.7 Å². The minimum absolute atomic E-state index is 0.337. The van der Waals surface area contributed by atoms with Crippen LogP contribution in [0.25, 0.3) is 0 Å². The van der Waals surface area contributed by atoms with E-state index < -0.39 is 0 Å². The number of rotatable bonds is 3. The van der Waals surface area contributed by atoms with Gasteiger partial charge in [0.15, 0.2) is 5.13 Å². The van der Waals surface area contributed by atoms with Gasteiger partial charge in [-0.25, -0.2) is 4.98 Å². The van der Waals surface area contributed by atoms with Crippen molar-refractivity contribution in [2.45, 2.75) is 32.5 Å². The van der Waals surface area contributed by atoms with Gasteiger partial charge in [0.1, 0.15) is 0 Å². The summed E-state index contributed by atoms with van der Waals surface area (Å²) in [6, 6.07) is 0. The number of nitrogen functional groups attached to an aromatic ring is 1. The van der Waals surface area contributed by atoms with E-state index in [1.807, 2.05) is 5.38 Å². The van der Waals surface area contributed by atoms with Gasteiger partial charge in [0, 0.05) is 31.4 Å². The third-order valence-electron chi connectivity index (χ3n) is 2.75. The molecule has 2 N–H and O–H groups in total. The smallest absolute Gasteiger partial charge is 0.180 e. The van der Waals surface area contributed by atoms with Gasteiger partial charge >= 0.3 is 0 Å². The second-order valence-electron chi connectivity index (χ2n) is 4.44. The Kier molecular flexibility index (Phi) is 3.78. The van der Waals surface area contributed by atoms with Crippen molar-refractivity contribution in [1.29, 1.82) is 0 Å². The van der Waals surface area contributed by atoms with E-state index in [9.17, 15) is 0 Å². The van der Waals surface area contributed by atoms with E-state index in [0.29, 0.717) is 17.3 Å². The first-order valence-corrected chi connectivity index (χ1v) is 6.59. The molecule has 0 amide bonds. The molecule has 2 heterocycles. The molecule has 0 aliphatic carbocycles. The van der Waals surface area contributed by atoms with E-state index in [1.54, 1.807) is 0 Å². The highest BCUT2D eigenvalue weighted by Crippen LogP contribution is 2.14. The lowest BCUT2D eigenvalue weighted by Gasteiger charge is -2.35. The number of nitrogens with two attached hydrogens (primary N) is 1. The molecule has 1 fully saturated rings. The minimum atomic E-state index is 0.337. The molecular weight excluding hydrogens is 222 g/mol. The van der Waals surface area contributed by atoms with Crippen molar-refractivity contribution in [2.75, 3.05) is 25.4 Å². The fourth-order valence-electron chi connectivity index (χ4n) is 2.18. The molecule has 1 saturated heterocycles. The van der Waals surface area contributed by atoms with E-state index in [1.165, 1.54) is 11.3 Å². The van der Waals surface area contributed by atoms with Crippen LogP contribution >= 0.6 is 11.3 Å². The zero-order chi connectivity index (χ0) is 11.5. The topological polar surface area (TPSA) is 51.4 Å². The van der Waals surface area contributed by atoms with Crippen molar-refractivity contribution in [3.05, 3.63) is 11.1 Å². The maximum atomic E-state index is 5.70. The van der Waals surface area contributed by atoms with Crippen LogP contribution in [-0.4, -0.2) is 41.7 Å². The maximum Gasteiger partial charge on any atom is 0.180 e. The van der Waals surface area contributed by atoms with Gasteiger partial charge in [-0.1, -0.05) is 0 Å². The highest BCUT2D eigenvalue weighted by molar-refractivity contribution is 7.13. The Morgan fingerprint density at radius 2 is 2.19 bits per heavy atom. The molecule has 0 spiro atoms. The second-order valence-corrected chi connectivity index (χ2v) is 5.33. The van der Waals surface area contributed by atoms with Crippen LogP contribution in [0.5, 0.6) is 0 Å². The molecule has 5 heteroatoms. The Morgan fingerprint density at radius 1 is 1.50 bits per heavy atom. The Balaban J connectivity index is 1.81. The Hall–Kier alpha value is -0.650. The summed E-state index contributed by atoms with van der Waals surface area (Å²) < 4.78 is 5.70. The van der Waals surface area contributed by atoms with Crippen molar-refractivity contribution in [3.63, 3.8) is 0 Å². The quantitative estimate of drug-likeness (QED) is 0.868. The maximum absolute atomic E-state index is 5.70. The van der Waals surface area contributed by atoms with Gasteiger partial charge in [-0.05, 0) is 13.8 Å². The Bertz CT molecular complexity index is 332. The summed E-state index contributed by atoms with van der Waals surface area (Å²) >= 11 is 1.52. The summed E-state index contributed by atoms with van der Waals surface area (Å²) in [5.74, 6) is 0. The number of hydrogen-bond donors (Lipinski definition) is 1. The average molecular weight is 241 g/mol. The van der Waals surface area contributed by atoms with Crippen LogP contribution in [0.3, 0.4) is 0 Å². The lowest BCUT2D eigenvalue weighted by atomic mass is 10.2. The van der Waals surface area contributed by atoms with E-state index >= 15 is 0 Å². The zero-order valence-corrected chi connectivity index (χ0v) is 10.7. The van der Waals surface area contributed by atoms with Crippen LogP contribution in [0, 0.1) is 0 Å². The van der Waals surface area contributed by atoms with Gasteiger partial charge < -0.3 is 10.5 Å². The summed E-state index contributed by atoms with van der Waals surface area (Å²) in [4.78, 5) is 6.71. The first-order valence-electron chi connectivity index (χ1n) is 5.71. The third-order valence-corrected chi connectivity index (χ3v) is 3.47. The highest BCUT2D eigenvalue weighted by atomic mass is 32.1. The van der Waals surface area contributed by atoms with Crippen LogP contribution in [0.15, 0.2) is 5.38 Å². The predicted molar refractivity (Wildman–Crippen MR) is 66.7 cm³/mol. The summed E-state index contributed by atoms with van der Waals surface area (Å²) in [7, 11) is 0. The fraction of sp³-hybridized carbons (Fsp3) is 0.727. The number of hydrogen-bond acceptors (Lipinski definition) is 5. The van der Waals surface area contributed by atoms with E-state index in [-0.39, 0.29) is 0 Å². The van der Waals surface area contributed by atoms with Crippen molar-refractivity contribution >= 4 is 16.5 Å². The minimum Gasteiger partial charge on any atom is -0.375 e. The number of thiazole rings is 1. The van der Waals surface area contributed by atoms with Gasteiger partial charge in [0.05, 0.1) is 17.9 Å². The van der Waals surface area contributed by atoms with Gasteiger partial charge in [0.2, 0.25) is 0 Å². The predicted octanol–water partition coefficient (Wildman–Crippen LogP) is 1.38. The van der Waals surface area contributed by atoms with Gasteiger partial charge in [-0.15, -0.1) is 11.3 Å². The molecule has 0 aromatic carbocycles. The van der Waals surface area contributed by atoms with E-state index in [2.05, 4.69) is 23.7 Å². The summed E-state index contributed by atoms with van der Waals surface area (Å²) in [6.07, 6.45) is 1.65. The lowest BCUT2D eigenvalue weighted by Crippen LogP contribution is -2.46. The average Bonchev–Trinajstić information content (AvgIpc) is 2.60. The number of anilines is 1. The first kappa shape index (κ1) is 11.8. The molecule has 2 rings (SSSR count). The lowest BCUT2D eigenvalue weighted by molar-refractivity contribution is -0.0675. The Morgan fingerprint density at radius 3 is 2.75 bits per heavy atom. The SMILES string of the molecule is C[C@@H]1CN(CCc2csc(N)n2)C[C@H](C)O1. The molecule has 0 bridgehead atoms. The highest BCUT2D eigenvalue weighted by Gasteiger charge is 2.21. The zero-order valence-electron chi connectivity index (χ0n) is 9.85. The largest absolute Gasteiger partial charge is 0.375 e. The fourth-order valence-corrected chi connectivity index (χ4v) is 2.77. The molecule has 2 atom stereocenters. The van der Waals surface area contributed by atoms with Gasteiger partial charge in [-0.2, -0.15) is 0 Å². The van der Waals surface area contributed by atoms with Crippen molar-refractivity contribution in [2.24, 2.45) is 0 Å². The monoisotopic (exact) mass is 241 g/mol. The van der Waals surface area contributed by atoms with E-state index in [4.69, 9.17) is 10.5 Å². The molecule has 1 aromatic rings. The van der Waals surface area contributed by atoms with Crippen molar-refractivity contribution in [1.82, 2.24) is 9.88 Å². The molecule has 1 aromatic heterocycles. The van der Waals surface area contributed by atoms with Crippen LogP contribution in [0.2, 0.25) is 0 Å². The van der Waals surface area contributed by atoms with Gasteiger partial charge in [0.25, 0.3) is 0 Å². The third kappa shape index (κ3) is 3.17.